The first kappa shape index (κ1) is 19.9. The van der Waals surface area contributed by atoms with Gasteiger partial charge in [-0.15, -0.1) is 0 Å². The van der Waals surface area contributed by atoms with Gasteiger partial charge in [-0.1, -0.05) is 6.07 Å². The highest BCUT2D eigenvalue weighted by molar-refractivity contribution is 5.55. The van der Waals surface area contributed by atoms with Crippen molar-refractivity contribution in [3.8, 4) is 23.0 Å². The molecule has 29 heavy (non-hydrogen) atoms. The topological polar surface area (TPSA) is 55.4 Å². The first-order valence-corrected chi connectivity index (χ1v) is 9.82. The van der Waals surface area contributed by atoms with Gasteiger partial charge in [-0.25, -0.2) is 0 Å². The summed E-state index contributed by atoms with van der Waals surface area (Å²) in [5.41, 5.74) is 3.67. The van der Waals surface area contributed by atoms with Crippen LogP contribution >= 0.6 is 0 Å². The van der Waals surface area contributed by atoms with Gasteiger partial charge in [0.2, 0.25) is 6.79 Å². The normalized spacial score (nSPS) is 22.3. The Morgan fingerprint density at radius 2 is 1.59 bits per heavy atom. The van der Waals surface area contributed by atoms with E-state index in [0.29, 0.717) is 19.1 Å². The maximum atomic E-state index is 5.68. The molecule has 0 radical (unpaired) electrons. The van der Waals surface area contributed by atoms with E-state index >= 15 is 0 Å². The molecule has 6 heteroatoms. The molecule has 2 aromatic carbocycles. The van der Waals surface area contributed by atoms with Crippen LogP contribution in [-0.2, 0) is 15.9 Å². The predicted octanol–water partition coefficient (Wildman–Crippen LogP) is 3.65. The van der Waals surface area contributed by atoms with Crippen molar-refractivity contribution in [2.75, 3.05) is 48.4 Å². The van der Waals surface area contributed by atoms with Crippen molar-refractivity contribution in [2.45, 2.75) is 12.3 Å². The van der Waals surface area contributed by atoms with Gasteiger partial charge in [0.25, 0.3) is 0 Å². The molecule has 4 rings (SSSR count). The fraction of sp³-hybridized carbons (Fsp3) is 0.478. The number of ether oxygens (including phenoxy) is 6. The minimum Gasteiger partial charge on any atom is -0.493 e. The van der Waals surface area contributed by atoms with Crippen molar-refractivity contribution >= 4 is 0 Å². The second kappa shape index (κ2) is 8.51. The third kappa shape index (κ3) is 3.63. The molecule has 0 spiro atoms. The minimum atomic E-state index is 0.119. The van der Waals surface area contributed by atoms with Crippen molar-refractivity contribution in [1.82, 2.24) is 0 Å². The molecule has 0 fully saturated rings. The Balaban J connectivity index is 1.86. The Morgan fingerprint density at radius 3 is 2.28 bits per heavy atom. The summed E-state index contributed by atoms with van der Waals surface area (Å²) in [7, 11) is 6.82. The summed E-state index contributed by atoms with van der Waals surface area (Å²) in [6, 6.07) is 10.4. The van der Waals surface area contributed by atoms with E-state index in [1.807, 2.05) is 6.07 Å². The van der Waals surface area contributed by atoms with Gasteiger partial charge in [0, 0.05) is 26.7 Å². The average Bonchev–Trinajstić information content (AvgIpc) is 3.20. The maximum absolute atomic E-state index is 5.68. The van der Waals surface area contributed by atoms with Gasteiger partial charge >= 0.3 is 0 Å². The van der Waals surface area contributed by atoms with Gasteiger partial charge < -0.3 is 28.4 Å². The van der Waals surface area contributed by atoms with E-state index in [-0.39, 0.29) is 18.6 Å². The number of fused-ring (bicyclic) bond motifs is 2. The lowest BCUT2D eigenvalue weighted by molar-refractivity contribution is 0.0566. The summed E-state index contributed by atoms with van der Waals surface area (Å²) in [5.74, 6) is 3.75. The van der Waals surface area contributed by atoms with Crippen molar-refractivity contribution in [1.29, 1.82) is 0 Å². The van der Waals surface area contributed by atoms with E-state index in [9.17, 15) is 0 Å². The highest BCUT2D eigenvalue weighted by atomic mass is 16.7. The van der Waals surface area contributed by atoms with Crippen LogP contribution in [0.2, 0.25) is 0 Å². The summed E-state index contributed by atoms with van der Waals surface area (Å²) in [6.45, 7) is 1.58. The van der Waals surface area contributed by atoms with Gasteiger partial charge in [-0.2, -0.15) is 0 Å². The molecule has 3 unspecified atom stereocenters. The second-order valence-corrected chi connectivity index (χ2v) is 7.54. The SMILES string of the molecule is COCC1Cc2cc3c(cc2C(c2ccc(OC)c(OC)c2)C1COC)OCO3. The van der Waals surface area contributed by atoms with Gasteiger partial charge in [-0.3, -0.25) is 0 Å². The predicted molar refractivity (Wildman–Crippen MR) is 108 cm³/mol. The maximum Gasteiger partial charge on any atom is 0.231 e. The van der Waals surface area contributed by atoms with E-state index in [1.54, 1.807) is 28.4 Å². The van der Waals surface area contributed by atoms with E-state index in [0.717, 1.165) is 35.0 Å². The smallest absolute Gasteiger partial charge is 0.231 e. The zero-order valence-corrected chi connectivity index (χ0v) is 17.4. The molecule has 1 heterocycles. The third-order valence-corrected chi connectivity index (χ3v) is 5.99. The summed E-state index contributed by atoms with van der Waals surface area (Å²) < 4.78 is 33.5. The van der Waals surface area contributed by atoms with Crippen LogP contribution in [0.4, 0.5) is 0 Å². The Hall–Kier alpha value is -2.44. The molecule has 0 bridgehead atoms. The molecule has 0 saturated carbocycles. The Morgan fingerprint density at radius 1 is 0.862 bits per heavy atom. The lowest BCUT2D eigenvalue weighted by atomic mass is 9.67. The van der Waals surface area contributed by atoms with Crippen molar-refractivity contribution < 1.29 is 28.4 Å². The van der Waals surface area contributed by atoms with Crippen LogP contribution in [0.25, 0.3) is 0 Å². The van der Waals surface area contributed by atoms with E-state index in [4.69, 9.17) is 28.4 Å². The summed E-state index contributed by atoms with van der Waals surface area (Å²) in [5, 5.41) is 0. The molecule has 1 aliphatic heterocycles. The molecule has 0 aromatic heterocycles. The van der Waals surface area contributed by atoms with E-state index < -0.39 is 0 Å². The van der Waals surface area contributed by atoms with Gasteiger partial charge in [0.1, 0.15) is 0 Å². The first-order chi connectivity index (χ1) is 14.2. The van der Waals surface area contributed by atoms with Crippen molar-refractivity contribution in [3.05, 3.63) is 47.0 Å². The summed E-state index contributed by atoms with van der Waals surface area (Å²) >= 11 is 0. The molecule has 0 saturated heterocycles. The molecule has 2 aliphatic rings. The van der Waals surface area contributed by atoms with Crippen LogP contribution in [0, 0.1) is 11.8 Å². The van der Waals surface area contributed by atoms with Crippen molar-refractivity contribution in [3.63, 3.8) is 0 Å². The van der Waals surface area contributed by atoms with E-state index in [1.165, 1.54) is 11.1 Å². The fourth-order valence-corrected chi connectivity index (χ4v) is 4.70. The zero-order chi connectivity index (χ0) is 20.4. The molecule has 6 nitrogen and oxygen atoms in total. The zero-order valence-electron chi connectivity index (χ0n) is 17.4. The molecular weight excluding hydrogens is 372 g/mol. The Labute approximate surface area is 171 Å². The molecule has 0 amide bonds. The Bertz CT molecular complexity index is 865. The molecule has 2 aromatic rings. The molecule has 156 valence electrons. The van der Waals surface area contributed by atoms with Crippen LogP contribution in [0.1, 0.15) is 22.6 Å². The molecule has 0 N–H and O–H groups in total. The Kier molecular flexibility index (Phi) is 5.83. The van der Waals surface area contributed by atoms with Crippen LogP contribution in [0.3, 0.4) is 0 Å². The number of methoxy groups -OCH3 is 4. The van der Waals surface area contributed by atoms with Gasteiger partial charge in [0.05, 0.1) is 20.8 Å². The number of rotatable bonds is 7. The van der Waals surface area contributed by atoms with Crippen LogP contribution in [-0.4, -0.2) is 48.4 Å². The lowest BCUT2D eigenvalue weighted by Gasteiger charge is -2.39. The van der Waals surface area contributed by atoms with Gasteiger partial charge in [0.15, 0.2) is 23.0 Å². The van der Waals surface area contributed by atoms with E-state index in [2.05, 4.69) is 24.3 Å². The van der Waals surface area contributed by atoms with Crippen LogP contribution in [0.5, 0.6) is 23.0 Å². The molecule has 3 atom stereocenters. The van der Waals surface area contributed by atoms with Crippen LogP contribution in [0.15, 0.2) is 30.3 Å². The first-order valence-electron chi connectivity index (χ1n) is 9.82. The largest absolute Gasteiger partial charge is 0.493 e. The third-order valence-electron chi connectivity index (χ3n) is 5.99. The highest BCUT2D eigenvalue weighted by Crippen LogP contribution is 2.49. The highest BCUT2D eigenvalue weighted by Gasteiger charge is 2.39. The quantitative estimate of drug-likeness (QED) is 0.707. The lowest BCUT2D eigenvalue weighted by Crippen LogP contribution is -2.36. The summed E-state index contributed by atoms with van der Waals surface area (Å²) in [6.07, 6.45) is 0.914. The fourth-order valence-electron chi connectivity index (χ4n) is 4.70. The average molecular weight is 400 g/mol. The van der Waals surface area contributed by atoms with Crippen LogP contribution < -0.4 is 18.9 Å². The summed E-state index contributed by atoms with van der Waals surface area (Å²) in [4.78, 5) is 0. The van der Waals surface area contributed by atoms with Crippen molar-refractivity contribution in [2.24, 2.45) is 11.8 Å². The number of hydrogen-bond acceptors (Lipinski definition) is 6. The monoisotopic (exact) mass is 400 g/mol. The molecular formula is C23H28O6. The molecule has 1 aliphatic carbocycles. The van der Waals surface area contributed by atoms with Gasteiger partial charge in [-0.05, 0) is 59.2 Å². The number of hydrogen-bond donors (Lipinski definition) is 0. The second-order valence-electron chi connectivity index (χ2n) is 7.54. The number of benzene rings is 2. The minimum absolute atomic E-state index is 0.119. The standard InChI is InChI=1S/C23H28O6/c1-24-11-16-7-15-9-21-22(29-13-28-21)10-17(15)23(18(16)12-25-2)14-5-6-19(26-3)20(8-14)27-4/h5-6,8-10,16,18,23H,7,11-13H2,1-4H3.